The van der Waals surface area contributed by atoms with E-state index in [1.54, 1.807) is 0 Å². The summed E-state index contributed by atoms with van der Waals surface area (Å²) in [4.78, 5) is 0. The Labute approximate surface area is 91.1 Å². The largest absolute Gasteiger partial charge is 0.311 e. The van der Waals surface area contributed by atoms with Crippen molar-refractivity contribution in [3.05, 3.63) is 11.9 Å². The summed E-state index contributed by atoms with van der Waals surface area (Å²) in [6.45, 7) is 4.30. The number of aryl methyl sites for hydroxylation is 1. The first-order valence-corrected chi connectivity index (χ1v) is 5.80. The maximum atomic E-state index is 3.91. The van der Waals surface area contributed by atoms with Crippen LogP contribution in [0.25, 0.3) is 0 Å². The molecule has 0 aromatic carbocycles. The van der Waals surface area contributed by atoms with Gasteiger partial charge in [-0.3, -0.25) is 4.68 Å². The van der Waals surface area contributed by atoms with Gasteiger partial charge in [0.15, 0.2) is 0 Å². The normalized spacial score (nSPS) is 18.0. The molecule has 0 bridgehead atoms. The molecule has 4 heteroatoms. The Balaban J connectivity index is 1.73. The van der Waals surface area contributed by atoms with Crippen LogP contribution >= 0.6 is 0 Å². The molecule has 1 aliphatic rings. The minimum Gasteiger partial charge on any atom is -0.311 e. The van der Waals surface area contributed by atoms with E-state index in [1.807, 2.05) is 17.9 Å². The molecule has 1 aromatic heterocycles. The summed E-state index contributed by atoms with van der Waals surface area (Å²) in [5.74, 6) is 0. The van der Waals surface area contributed by atoms with Crippen LogP contribution in [0.3, 0.4) is 0 Å². The lowest BCUT2D eigenvalue weighted by molar-refractivity contribution is 0.417. The van der Waals surface area contributed by atoms with Gasteiger partial charge in [0.25, 0.3) is 0 Å². The van der Waals surface area contributed by atoms with Crippen molar-refractivity contribution in [3.8, 4) is 0 Å². The van der Waals surface area contributed by atoms with E-state index in [0.717, 1.165) is 18.8 Å². The molecule has 0 amide bonds. The minimum atomic E-state index is 0.626. The molecule has 1 heterocycles. The maximum absolute atomic E-state index is 3.91. The van der Waals surface area contributed by atoms with Gasteiger partial charge in [-0.15, -0.1) is 5.10 Å². The smallest absolute Gasteiger partial charge is 0.0738 e. The Morgan fingerprint density at radius 3 is 2.87 bits per heavy atom. The lowest BCUT2D eigenvalue weighted by atomic mass is 10.0. The SMILES string of the molecule is CCCC1(CNCc2cnnn2C)CC1. The molecular formula is C11H20N4. The zero-order chi connectivity index (χ0) is 10.7. The predicted octanol–water partition coefficient (Wildman–Crippen LogP) is 1.48. The summed E-state index contributed by atoms with van der Waals surface area (Å²) in [6.07, 6.45) is 7.29. The standard InChI is InChI=1S/C11H20N4/c1-3-4-11(5-6-11)9-12-7-10-8-13-14-15(10)2/h8,12H,3-7,9H2,1-2H3. The van der Waals surface area contributed by atoms with Gasteiger partial charge >= 0.3 is 0 Å². The molecule has 1 aromatic rings. The Kier molecular flexibility index (Phi) is 3.05. The molecule has 1 fully saturated rings. The van der Waals surface area contributed by atoms with Crippen molar-refractivity contribution in [2.45, 2.75) is 39.2 Å². The Morgan fingerprint density at radius 1 is 1.53 bits per heavy atom. The van der Waals surface area contributed by atoms with Crippen molar-refractivity contribution in [3.63, 3.8) is 0 Å². The van der Waals surface area contributed by atoms with Crippen molar-refractivity contribution in [2.75, 3.05) is 6.54 Å². The first kappa shape index (κ1) is 10.6. The van der Waals surface area contributed by atoms with Gasteiger partial charge in [0, 0.05) is 20.1 Å². The van der Waals surface area contributed by atoms with Crippen LogP contribution in [0, 0.1) is 5.41 Å². The van der Waals surface area contributed by atoms with Crippen LogP contribution in [0.1, 0.15) is 38.3 Å². The molecular weight excluding hydrogens is 188 g/mol. The summed E-state index contributed by atoms with van der Waals surface area (Å²) in [5.41, 5.74) is 1.78. The van der Waals surface area contributed by atoms with E-state index in [-0.39, 0.29) is 0 Å². The molecule has 1 aliphatic carbocycles. The zero-order valence-electron chi connectivity index (χ0n) is 9.66. The number of aromatic nitrogens is 3. The third-order valence-corrected chi connectivity index (χ3v) is 3.35. The molecule has 0 aliphatic heterocycles. The third-order valence-electron chi connectivity index (χ3n) is 3.35. The number of nitrogens with one attached hydrogen (secondary N) is 1. The van der Waals surface area contributed by atoms with Gasteiger partial charge in [-0.25, -0.2) is 0 Å². The van der Waals surface area contributed by atoms with Gasteiger partial charge in [0.1, 0.15) is 0 Å². The molecule has 0 atom stereocenters. The van der Waals surface area contributed by atoms with E-state index in [1.165, 1.54) is 25.7 Å². The van der Waals surface area contributed by atoms with Gasteiger partial charge in [0.2, 0.25) is 0 Å². The number of hydrogen-bond donors (Lipinski definition) is 1. The Hall–Kier alpha value is -0.900. The number of rotatable bonds is 6. The van der Waals surface area contributed by atoms with E-state index in [2.05, 4.69) is 22.6 Å². The van der Waals surface area contributed by atoms with Crippen molar-refractivity contribution in [1.29, 1.82) is 0 Å². The van der Waals surface area contributed by atoms with Crippen molar-refractivity contribution >= 4 is 0 Å². The highest BCUT2D eigenvalue weighted by atomic mass is 15.4. The molecule has 0 unspecified atom stereocenters. The van der Waals surface area contributed by atoms with Crippen LogP contribution in [0.15, 0.2) is 6.20 Å². The highest BCUT2D eigenvalue weighted by Crippen LogP contribution is 2.48. The second-order valence-electron chi connectivity index (χ2n) is 4.70. The van der Waals surface area contributed by atoms with E-state index in [9.17, 15) is 0 Å². The summed E-state index contributed by atoms with van der Waals surface area (Å²) >= 11 is 0. The lowest BCUT2D eigenvalue weighted by Crippen LogP contribution is -2.24. The third kappa shape index (κ3) is 2.56. The fraction of sp³-hybridized carbons (Fsp3) is 0.818. The summed E-state index contributed by atoms with van der Waals surface area (Å²) < 4.78 is 1.83. The molecule has 4 nitrogen and oxygen atoms in total. The number of nitrogens with zero attached hydrogens (tertiary/aromatic N) is 3. The van der Waals surface area contributed by atoms with Gasteiger partial charge in [-0.05, 0) is 24.7 Å². The van der Waals surface area contributed by atoms with Gasteiger partial charge < -0.3 is 5.32 Å². The summed E-state index contributed by atoms with van der Waals surface area (Å²) in [5, 5.41) is 11.3. The van der Waals surface area contributed by atoms with Crippen molar-refractivity contribution in [1.82, 2.24) is 20.3 Å². The van der Waals surface area contributed by atoms with E-state index < -0.39 is 0 Å². The van der Waals surface area contributed by atoms with Crippen LogP contribution in [-0.4, -0.2) is 21.5 Å². The lowest BCUT2D eigenvalue weighted by Gasteiger charge is -2.14. The summed E-state index contributed by atoms with van der Waals surface area (Å²) in [6, 6.07) is 0. The minimum absolute atomic E-state index is 0.626. The van der Waals surface area contributed by atoms with E-state index >= 15 is 0 Å². The maximum Gasteiger partial charge on any atom is 0.0738 e. The predicted molar refractivity (Wildman–Crippen MR) is 59.3 cm³/mol. The highest BCUT2D eigenvalue weighted by Gasteiger charge is 2.40. The average Bonchev–Trinajstić information content (AvgIpc) is 2.85. The Morgan fingerprint density at radius 2 is 2.33 bits per heavy atom. The first-order valence-electron chi connectivity index (χ1n) is 5.80. The molecule has 84 valence electrons. The molecule has 1 saturated carbocycles. The van der Waals surface area contributed by atoms with Crippen LogP contribution in [0.5, 0.6) is 0 Å². The average molecular weight is 208 g/mol. The fourth-order valence-electron chi connectivity index (χ4n) is 2.15. The van der Waals surface area contributed by atoms with Crippen molar-refractivity contribution < 1.29 is 0 Å². The molecule has 0 saturated heterocycles. The molecule has 0 spiro atoms. The monoisotopic (exact) mass is 208 g/mol. The zero-order valence-corrected chi connectivity index (χ0v) is 9.66. The van der Waals surface area contributed by atoms with Crippen molar-refractivity contribution in [2.24, 2.45) is 12.5 Å². The highest BCUT2D eigenvalue weighted by molar-refractivity contribution is 4.97. The molecule has 0 radical (unpaired) electrons. The summed E-state index contributed by atoms with van der Waals surface area (Å²) in [7, 11) is 1.93. The van der Waals surface area contributed by atoms with Crippen LogP contribution < -0.4 is 5.32 Å². The van der Waals surface area contributed by atoms with Crippen LogP contribution in [-0.2, 0) is 13.6 Å². The van der Waals surface area contributed by atoms with E-state index in [4.69, 9.17) is 0 Å². The molecule has 15 heavy (non-hydrogen) atoms. The molecule has 1 N–H and O–H groups in total. The number of hydrogen-bond acceptors (Lipinski definition) is 3. The first-order chi connectivity index (χ1) is 7.26. The fourth-order valence-corrected chi connectivity index (χ4v) is 2.15. The Bertz CT molecular complexity index is 314. The van der Waals surface area contributed by atoms with E-state index in [0.29, 0.717) is 5.41 Å². The van der Waals surface area contributed by atoms with Gasteiger partial charge in [-0.1, -0.05) is 18.6 Å². The van der Waals surface area contributed by atoms with Crippen LogP contribution in [0.2, 0.25) is 0 Å². The quantitative estimate of drug-likeness (QED) is 0.770. The van der Waals surface area contributed by atoms with Crippen LogP contribution in [0.4, 0.5) is 0 Å². The topological polar surface area (TPSA) is 42.7 Å². The second kappa shape index (κ2) is 4.31. The van der Waals surface area contributed by atoms with Gasteiger partial charge in [-0.2, -0.15) is 0 Å². The van der Waals surface area contributed by atoms with Gasteiger partial charge in [0.05, 0.1) is 11.9 Å². The molecule has 2 rings (SSSR count). The second-order valence-corrected chi connectivity index (χ2v) is 4.70.